The second-order valence-electron chi connectivity index (χ2n) is 5.99. The highest BCUT2D eigenvalue weighted by atomic mass is 16.5. The van der Waals surface area contributed by atoms with Crippen LogP contribution < -0.4 is 4.74 Å². The molecule has 2 aromatic carbocycles. The van der Waals surface area contributed by atoms with Gasteiger partial charge >= 0.3 is 0 Å². The Morgan fingerprint density at radius 2 is 2.00 bits per heavy atom. The number of aliphatic hydroxyl groups excluding tert-OH is 1. The number of hydrogen-bond acceptors (Lipinski definition) is 3. The van der Waals surface area contributed by atoms with Gasteiger partial charge in [0.2, 0.25) is 0 Å². The maximum absolute atomic E-state index is 10.5. The lowest BCUT2D eigenvalue weighted by molar-refractivity contribution is 0.167. The number of benzene rings is 2. The number of nitrogens with zero attached hydrogens (tertiary/aromatic N) is 1. The predicted molar refractivity (Wildman–Crippen MR) is 88.0 cm³/mol. The third-order valence-corrected chi connectivity index (χ3v) is 4.19. The summed E-state index contributed by atoms with van der Waals surface area (Å²) in [7, 11) is 2.09. The van der Waals surface area contributed by atoms with Crippen LogP contribution in [0.2, 0.25) is 0 Å². The van der Waals surface area contributed by atoms with Crippen molar-refractivity contribution in [3.63, 3.8) is 0 Å². The molecule has 2 aromatic rings. The van der Waals surface area contributed by atoms with E-state index in [1.165, 1.54) is 5.56 Å². The van der Waals surface area contributed by atoms with E-state index >= 15 is 0 Å². The standard InChI is InChI=1S/C19H23NO2/c1-20-11-12-22-19-10-8-16(13-17(19)14-20)18(21)9-7-15-5-3-2-4-6-15/h2-6,8,10,13,18,21H,7,9,11-12,14H2,1H3/t18-/m1/s1. The Morgan fingerprint density at radius 3 is 2.82 bits per heavy atom. The van der Waals surface area contributed by atoms with Crippen molar-refractivity contribution in [2.24, 2.45) is 0 Å². The summed E-state index contributed by atoms with van der Waals surface area (Å²) in [6.07, 6.45) is 1.19. The van der Waals surface area contributed by atoms with Gasteiger partial charge in [0.25, 0.3) is 0 Å². The van der Waals surface area contributed by atoms with Crippen molar-refractivity contribution in [2.45, 2.75) is 25.5 Å². The van der Waals surface area contributed by atoms with Crippen LogP contribution in [0.15, 0.2) is 48.5 Å². The molecule has 0 radical (unpaired) electrons. The summed E-state index contributed by atoms with van der Waals surface area (Å²) >= 11 is 0. The van der Waals surface area contributed by atoms with E-state index in [9.17, 15) is 5.11 Å². The van der Waals surface area contributed by atoms with E-state index in [4.69, 9.17) is 4.74 Å². The van der Waals surface area contributed by atoms with Crippen LogP contribution in [0.5, 0.6) is 5.75 Å². The average Bonchev–Trinajstić information content (AvgIpc) is 2.73. The van der Waals surface area contributed by atoms with Gasteiger partial charge < -0.3 is 9.84 Å². The van der Waals surface area contributed by atoms with Crippen molar-refractivity contribution < 1.29 is 9.84 Å². The zero-order valence-electron chi connectivity index (χ0n) is 13.0. The first-order valence-corrected chi connectivity index (χ1v) is 7.88. The molecule has 116 valence electrons. The predicted octanol–water partition coefficient (Wildman–Crippen LogP) is 3.18. The first kappa shape index (κ1) is 15.1. The van der Waals surface area contributed by atoms with Gasteiger partial charge in [-0.05, 0) is 43.1 Å². The van der Waals surface area contributed by atoms with Gasteiger partial charge in [-0.1, -0.05) is 36.4 Å². The first-order chi connectivity index (χ1) is 10.7. The summed E-state index contributed by atoms with van der Waals surface area (Å²) in [6, 6.07) is 16.4. The number of ether oxygens (including phenoxy) is 1. The minimum absolute atomic E-state index is 0.431. The fourth-order valence-corrected chi connectivity index (χ4v) is 2.87. The maximum Gasteiger partial charge on any atom is 0.123 e. The summed E-state index contributed by atoms with van der Waals surface area (Å²) in [6.45, 7) is 2.52. The van der Waals surface area contributed by atoms with E-state index in [1.54, 1.807) is 0 Å². The summed E-state index contributed by atoms with van der Waals surface area (Å²) in [5.74, 6) is 0.948. The molecule has 3 nitrogen and oxygen atoms in total. The Kier molecular flexibility index (Phi) is 4.76. The molecule has 0 aromatic heterocycles. The van der Waals surface area contributed by atoms with Gasteiger partial charge in [0, 0.05) is 18.7 Å². The molecule has 0 bridgehead atoms. The van der Waals surface area contributed by atoms with Crippen LogP contribution >= 0.6 is 0 Å². The minimum Gasteiger partial charge on any atom is -0.492 e. The van der Waals surface area contributed by atoms with Crippen LogP contribution in [-0.4, -0.2) is 30.2 Å². The number of fused-ring (bicyclic) bond motifs is 1. The number of hydrogen-bond donors (Lipinski definition) is 1. The van der Waals surface area contributed by atoms with Crippen molar-refractivity contribution in [1.82, 2.24) is 4.90 Å². The molecule has 1 aliphatic heterocycles. The maximum atomic E-state index is 10.5. The molecular formula is C19H23NO2. The van der Waals surface area contributed by atoms with Crippen LogP contribution in [0, 0.1) is 0 Å². The van der Waals surface area contributed by atoms with Gasteiger partial charge in [-0.2, -0.15) is 0 Å². The highest BCUT2D eigenvalue weighted by Crippen LogP contribution is 2.28. The van der Waals surface area contributed by atoms with Crippen molar-refractivity contribution in [3.8, 4) is 5.75 Å². The molecule has 1 heterocycles. The highest BCUT2D eigenvalue weighted by Gasteiger charge is 2.15. The first-order valence-electron chi connectivity index (χ1n) is 7.88. The quantitative estimate of drug-likeness (QED) is 0.941. The molecule has 1 atom stereocenters. The second-order valence-corrected chi connectivity index (χ2v) is 5.99. The van der Waals surface area contributed by atoms with Crippen LogP contribution in [0.3, 0.4) is 0 Å². The number of aryl methyl sites for hydroxylation is 1. The van der Waals surface area contributed by atoms with E-state index in [0.29, 0.717) is 0 Å². The van der Waals surface area contributed by atoms with Gasteiger partial charge in [0.1, 0.15) is 12.4 Å². The zero-order chi connectivity index (χ0) is 15.4. The second kappa shape index (κ2) is 6.95. The highest BCUT2D eigenvalue weighted by molar-refractivity contribution is 5.38. The molecular weight excluding hydrogens is 274 g/mol. The number of likely N-dealkylation sites (N-methyl/N-ethyl adjacent to an activating group) is 1. The molecule has 0 aliphatic carbocycles. The molecule has 22 heavy (non-hydrogen) atoms. The van der Waals surface area contributed by atoms with Crippen LogP contribution in [0.4, 0.5) is 0 Å². The van der Waals surface area contributed by atoms with Crippen LogP contribution in [0.1, 0.15) is 29.2 Å². The average molecular weight is 297 g/mol. The topological polar surface area (TPSA) is 32.7 Å². The molecule has 0 unspecified atom stereocenters. The molecule has 0 spiro atoms. The van der Waals surface area contributed by atoms with E-state index < -0.39 is 6.10 Å². The SMILES string of the molecule is CN1CCOc2ccc([C@H](O)CCc3ccccc3)cc2C1. The zero-order valence-corrected chi connectivity index (χ0v) is 13.0. The van der Waals surface area contributed by atoms with Crippen molar-refractivity contribution in [1.29, 1.82) is 0 Å². The van der Waals surface area contributed by atoms with Crippen molar-refractivity contribution in [2.75, 3.05) is 20.2 Å². The Bertz CT molecular complexity index is 612. The van der Waals surface area contributed by atoms with Gasteiger partial charge in [-0.3, -0.25) is 4.90 Å². The van der Waals surface area contributed by atoms with Crippen molar-refractivity contribution >= 4 is 0 Å². The van der Waals surface area contributed by atoms with Crippen LogP contribution in [-0.2, 0) is 13.0 Å². The molecule has 1 N–H and O–H groups in total. The van der Waals surface area contributed by atoms with E-state index in [-0.39, 0.29) is 0 Å². The summed E-state index contributed by atoms with van der Waals surface area (Å²) in [4.78, 5) is 2.24. The van der Waals surface area contributed by atoms with Gasteiger partial charge in [0.15, 0.2) is 0 Å². The summed E-state index contributed by atoms with van der Waals surface area (Å²) < 4.78 is 5.76. The van der Waals surface area contributed by atoms with E-state index in [2.05, 4.69) is 30.1 Å². The van der Waals surface area contributed by atoms with Gasteiger partial charge in [0.05, 0.1) is 6.10 Å². The van der Waals surface area contributed by atoms with E-state index in [0.717, 1.165) is 49.4 Å². The largest absolute Gasteiger partial charge is 0.492 e. The smallest absolute Gasteiger partial charge is 0.123 e. The normalized spacial score (nSPS) is 16.5. The molecule has 0 saturated carbocycles. The molecule has 0 fully saturated rings. The van der Waals surface area contributed by atoms with Crippen molar-refractivity contribution in [3.05, 3.63) is 65.2 Å². The lowest BCUT2D eigenvalue weighted by Gasteiger charge is -2.15. The fourth-order valence-electron chi connectivity index (χ4n) is 2.87. The third kappa shape index (κ3) is 3.67. The molecule has 0 amide bonds. The Balaban J connectivity index is 1.69. The van der Waals surface area contributed by atoms with Gasteiger partial charge in [-0.15, -0.1) is 0 Å². The Labute approximate surface area is 132 Å². The molecule has 0 saturated heterocycles. The monoisotopic (exact) mass is 297 g/mol. The number of aliphatic hydroxyl groups is 1. The molecule has 3 rings (SSSR count). The lowest BCUT2D eigenvalue weighted by Crippen LogP contribution is -2.20. The van der Waals surface area contributed by atoms with E-state index in [1.807, 2.05) is 30.3 Å². The Hall–Kier alpha value is -1.84. The minimum atomic E-state index is -0.431. The Morgan fingerprint density at radius 1 is 1.18 bits per heavy atom. The fraction of sp³-hybridized carbons (Fsp3) is 0.368. The summed E-state index contributed by atoms with van der Waals surface area (Å²) in [5.41, 5.74) is 3.41. The van der Waals surface area contributed by atoms with Crippen LogP contribution in [0.25, 0.3) is 0 Å². The molecule has 1 aliphatic rings. The summed E-state index contributed by atoms with van der Waals surface area (Å²) in [5, 5.41) is 10.5. The third-order valence-electron chi connectivity index (χ3n) is 4.19. The number of rotatable bonds is 4. The lowest BCUT2D eigenvalue weighted by atomic mass is 9.99. The van der Waals surface area contributed by atoms with Gasteiger partial charge in [-0.25, -0.2) is 0 Å². The molecule has 3 heteroatoms.